The molecule has 1 unspecified atom stereocenters. The van der Waals surface area contributed by atoms with Crippen molar-refractivity contribution < 1.29 is 9.00 Å². The molecule has 2 aromatic rings. The highest BCUT2D eigenvalue weighted by atomic mass is 35.5. The maximum absolute atomic E-state index is 12.6. The maximum atomic E-state index is 12.6. The van der Waals surface area contributed by atoms with E-state index in [0.717, 1.165) is 0 Å². The second-order valence-corrected chi connectivity index (χ2v) is 7.60. The van der Waals surface area contributed by atoms with Gasteiger partial charge in [-0.25, -0.2) is 0 Å². The fourth-order valence-corrected chi connectivity index (χ4v) is 3.43. The summed E-state index contributed by atoms with van der Waals surface area (Å²) in [4.78, 5) is 12.7. The van der Waals surface area contributed by atoms with Gasteiger partial charge in [0.1, 0.15) is 16.2 Å². The van der Waals surface area contributed by atoms with E-state index < -0.39 is 9.93 Å². The molecule has 0 aromatic heterocycles. The van der Waals surface area contributed by atoms with Crippen molar-refractivity contribution in [3.05, 3.63) is 65.2 Å². The van der Waals surface area contributed by atoms with Crippen molar-refractivity contribution >= 4 is 27.3 Å². The molecule has 0 saturated heterocycles. The topological polar surface area (TPSA) is 34.1 Å². The van der Waals surface area contributed by atoms with Crippen LogP contribution in [0.3, 0.4) is 0 Å². The minimum atomic E-state index is -2.38. The summed E-state index contributed by atoms with van der Waals surface area (Å²) in [5.74, 6) is -0.0957. The normalized spacial score (nSPS) is 13.8. The number of benzene rings is 2. The van der Waals surface area contributed by atoms with Gasteiger partial charge in [0.2, 0.25) is 5.78 Å². The molecule has 0 amide bonds. The van der Waals surface area contributed by atoms with Crippen molar-refractivity contribution in [3.8, 4) is 0 Å². The lowest BCUT2D eigenvalue weighted by molar-refractivity contribution is 0.102. The summed E-state index contributed by atoms with van der Waals surface area (Å²) in [5.41, 5.74) is 0.589. The Kier molecular flexibility index (Phi) is 4.17. The molecule has 0 aliphatic heterocycles. The third-order valence-corrected chi connectivity index (χ3v) is 5.15. The first-order valence-corrected chi connectivity index (χ1v) is 8.31. The Hall–Kier alpha value is -1.45. The molecule has 19 heavy (non-hydrogen) atoms. The number of Topliss-reactive ketones (excluding diaryl/α,β-unsaturated/α-hetero) is 1. The van der Waals surface area contributed by atoms with Gasteiger partial charge in [-0.1, -0.05) is 46.1 Å². The molecule has 0 aliphatic rings. The molecular formula is C15H14ClO2S+. The molecule has 0 heterocycles. The van der Waals surface area contributed by atoms with Gasteiger partial charge in [0.25, 0.3) is 0 Å². The minimum absolute atomic E-state index is 0.0125. The number of carbonyl (C=O) groups excluding carboxylic acids is 1. The summed E-state index contributed by atoms with van der Waals surface area (Å²) < 4.78 is 12.6. The molecule has 2 nitrogen and oxygen atoms in total. The van der Waals surface area contributed by atoms with Crippen molar-refractivity contribution in [2.45, 2.75) is 4.90 Å². The van der Waals surface area contributed by atoms with Crippen LogP contribution >= 0.6 is 11.6 Å². The van der Waals surface area contributed by atoms with Gasteiger partial charge in [0, 0.05) is 10.6 Å². The lowest BCUT2D eigenvalue weighted by Gasteiger charge is -2.06. The van der Waals surface area contributed by atoms with Crippen LogP contribution in [0.4, 0.5) is 0 Å². The van der Waals surface area contributed by atoms with E-state index in [4.69, 9.17) is 11.6 Å². The molecule has 98 valence electrons. The smallest absolute Gasteiger partial charge is 0.212 e. The Labute approximate surface area is 118 Å². The SMILES string of the molecule is C[S+](=O)(CC(=O)c1ccccc1)c1ccc(Cl)cc1. The van der Waals surface area contributed by atoms with Crippen LogP contribution in [0.15, 0.2) is 59.5 Å². The van der Waals surface area contributed by atoms with Crippen LogP contribution in [0.2, 0.25) is 5.02 Å². The van der Waals surface area contributed by atoms with E-state index in [1.54, 1.807) is 54.8 Å². The van der Waals surface area contributed by atoms with E-state index in [2.05, 4.69) is 0 Å². The van der Waals surface area contributed by atoms with E-state index >= 15 is 0 Å². The highest BCUT2D eigenvalue weighted by Crippen LogP contribution is 2.21. The Morgan fingerprint density at radius 1 is 1.05 bits per heavy atom. The zero-order valence-corrected chi connectivity index (χ0v) is 12.1. The lowest BCUT2D eigenvalue weighted by Crippen LogP contribution is -2.21. The molecule has 1 atom stereocenters. The van der Waals surface area contributed by atoms with Crippen LogP contribution in [0.25, 0.3) is 0 Å². The first-order chi connectivity index (χ1) is 8.99. The van der Waals surface area contributed by atoms with Crippen molar-refractivity contribution in [2.75, 3.05) is 12.0 Å². The second kappa shape index (κ2) is 5.68. The zero-order valence-electron chi connectivity index (χ0n) is 10.5. The summed E-state index contributed by atoms with van der Waals surface area (Å²) in [5, 5.41) is 0.591. The predicted molar refractivity (Wildman–Crippen MR) is 79.3 cm³/mol. The molecule has 0 radical (unpaired) electrons. The van der Waals surface area contributed by atoms with Crippen LogP contribution in [0.1, 0.15) is 10.4 Å². The fourth-order valence-electron chi connectivity index (χ4n) is 1.76. The van der Waals surface area contributed by atoms with E-state index in [0.29, 0.717) is 15.5 Å². The fraction of sp³-hybridized carbons (Fsp3) is 0.133. The molecular weight excluding hydrogens is 280 g/mol. The van der Waals surface area contributed by atoms with Gasteiger partial charge in [-0.2, -0.15) is 0 Å². The number of halogens is 1. The highest BCUT2D eigenvalue weighted by molar-refractivity contribution is 8.03. The number of hydrogen-bond donors (Lipinski definition) is 0. The van der Waals surface area contributed by atoms with Crippen LogP contribution in [-0.2, 0) is 14.1 Å². The first kappa shape index (κ1) is 14.0. The Morgan fingerprint density at radius 3 is 2.21 bits per heavy atom. The average molecular weight is 294 g/mol. The van der Waals surface area contributed by atoms with Crippen LogP contribution in [-0.4, -0.2) is 17.8 Å². The minimum Gasteiger partial charge on any atom is -0.289 e. The average Bonchev–Trinajstić information content (AvgIpc) is 2.40. The maximum Gasteiger partial charge on any atom is 0.212 e. The molecule has 0 spiro atoms. The quantitative estimate of drug-likeness (QED) is 0.636. The first-order valence-electron chi connectivity index (χ1n) is 5.80. The number of carbonyl (C=O) groups is 1. The van der Waals surface area contributed by atoms with E-state index in [1.807, 2.05) is 6.07 Å². The van der Waals surface area contributed by atoms with Gasteiger partial charge >= 0.3 is 0 Å². The van der Waals surface area contributed by atoms with E-state index in [1.165, 1.54) is 0 Å². The largest absolute Gasteiger partial charge is 0.289 e. The summed E-state index contributed by atoms with van der Waals surface area (Å²) in [6, 6.07) is 15.7. The number of ketones is 1. The predicted octanol–water partition coefficient (Wildman–Crippen LogP) is 3.71. The van der Waals surface area contributed by atoms with Gasteiger partial charge in [0.05, 0.1) is 0 Å². The molecule has 4 heteroatoms. The van der Waals surface area contributed by atoms with Gasteiger partial charge < -0.3 is 0 Å². The summed E-state index contributed by atoms with van der Waals surface area (Å²) in [7, 11) is -2.38. The molecule has 0 aliphatic carbocycles. The van der Waals surface area contributed by atoms with E-state index in [9.17, 15) is 9.00 Å². The molecule has 2 rings (SSSR count). The van der Waals surface area contributed by atoms with Crippen molar-refractivity contribution in [1.82, 2.24) is 0 Å². The van der Waals surface area contributed by atoms with Gasteiger partial charge in [-0.3, -0.25) is 4.79 Å². The van der Waals surface area contributed by atoms with E-state index in [-0.39, 0.29) is 11.5 Å². The molecule has 2 aromatic carbocycles. The summed E-state index contributed by atoms with van der Waals surface area (Å²) >= 11 is 5.80. The summed E-state index contributed by atoms with van der Waals surface area (Å²) in [6.45, 7) is 0. The van der Waals surface area contributed by atoms with Gasteiger partial charge in [0.15, 0.2) is 10.6 Å². The Bertz CT molecular complexity index is 620. The second-order valence-electron chi connectivity index (χ2n) is 4.39. The van der Waals surface area contributed by atoms with Gasteiger partial charge in [-0.05, 0) is 24.3 Å². The summed E-state index contributed by atoms with van der Waals surface area (Å²) in [6.07, 6.45) is 1.61. The molecule has 0 bridgehead atoms. The number of rotatable bonds is 4. The number of hydrogen-bond acceptors (Lipinski definition) is 2. The highest BCUT2D eigenvalue weighted by Gasteiger charge is 2.29. The van der Waals surface area contributed by atoms with Gasteiger partial charge in [-0.15, -0.1) is 0 Å². The Balaban J connectivity index is 2.20. The van der Waals surface area contributed by atoms with Crippen LogP contribution < -0.4 is 0 Å². The third kappa shape index (κ3) is 3.52. The monoisotopic (exact) mass is 293 g/mol. The van der Waals surface area contributed by atoms with Crippen LogP contribution in [0, 0.1) is 0 Å². The van der Waals surface area contributed by atoms with Crippen molar-refractivity contribution in [3.63, 3.8) is 0 Å². The molecule has 0 fully saturated rings. The Morgan fingerprint density at radius 2 is 1.63 bits per heavy atom. The van der Waals surface area contributed by atoms with Crippen molar-refractivity contribution in [2.24, 2.45) is 0 Å². The third-order valence-electron chi connectivity index (χ3n) is 2.81. The molecule has 0 N–H and O–H groups in total. The van der Waals surface area contributed by atoms with Crippen LogP contribution in [0.5, 0.6) is 0 Å². The van der Waals surface area contributed by atoms with Crippen molar-refractivity contribution in [1.29, 1.82) is 0 Å². The lowest BCUT2D eigenvalue weighted by atomic mass is 10.2. The zero-order chi connectivity index (χ0) is 13.9. The molecule has 0 saturated carbocycles. The standard InChI is InChI=1S/C15H14ClO2S/c1-19(18,14-9-7-13(16)8-10-14)11-15(17)12-5-3-2-4-6-12/h2-10H,11H2,1H3/q+1.